The lowest BCUT2D eigenvalue weighted by Crippen LogP contribution is -2.42. The SMILES string of the molecule is NCC1(c2nc3c(F)cc(F)cc3[nH]2)CCC1. The third-order valence-corrected chi connectivity index (χ3v) is 3.71. The molecule has 0 bridgehead atoms. The van der Waals surface area contributed by atoms with E-state index < -0.39 is 11.6 Å². The van der Waals surface area contributed by atoms with Crippen LogP contribution in [-0.4, -0.2) is 16.5 Å². The van der Waals surface area contributed by atoms with Crippen LogP contribution in [0.25, 0.3) is 11.0 Å². The molecule has 0 saturated heterocycles. The summed E-state index contributed by atoms with van der Waals surface area (Å²) in [5, 5.41) is 0. The molecule has 1 aromatic carbocycles. The highest BCUT2D eigenvalue weighted by molar-refractivity contribution is 5.76. The summed E-state index contributed by atoms with van der Waals surface area (Å²) in [4.78, 5) is 7.24. The predicted molar refractivity (Wildman–Crippen MR) is 60.6 cm³/mol. The number of H-pyrrole nitrogens is 1. The van der Waals surface area contributed by atoms with Gasteiger partial charge in [-0.05, 0) is 18.9 Å². The van der Waals surface area contributed by atoms with Gasteiger partial charge in [-0.3, -0.25) is 0 Å². The molecule has 90 valence electrons. The quantitative estimate of drug-likeness (QED) is 0.841. The molecule has 0 unspecified atom stereocenters. The Balaban J connectivity index is 2.16. The molecule has 1 fully saturated rings. The van der Waals surface area contributed by atoms with Gasteiger partial charge in [-0.1, -0.05) is 6.42 Å². The summed E-state index contributed by atoms with van der Waals surface area (Å²) in [7, 11) is 0. The van der Waals surface area contributed by atoms with Gasteiger partial charge in [-0.2, -0.15) is 0 Å². The Bertz CT molecular complexity index is 567. The molecule has 0 atom stereocenters. The van der Waals surface area contributed by atoms with Gasteiger partial charge in [0, 0.05) is 18.0 Å². The maximum absolute atomic E-state index is 13.5. The van der Waals surface area contributed by atoms with Crippen molar-refractivity contribution >= 4 is 11.0 Å². The van der Waals surface area contributed by atoms with Crippen molar-refractivity contribution in [1.82, 2.24) is 9.97 Å². The van der Waals surface area contributed by atoms with Gasteiger partial charge in [0.2, 0.25) is 0 Å². The van der Waals surface area contributed by atoms with Gasteiger partial charge in [0.25, 0.3) is 0 Å². The lowest BCUT2D eigenvalue weighted by atomic mass is 9.68. The van der Waals surface area contributed by atoms with Crippen LogP contribution in [0.3, 0.4) is 0 Å². The molecule has 3 N–H and O–H groups in total. The zero-order valence-electron chi connectivity index (χ0n) is 9.26. The summed E-state index contributed by atoms with van der Waals surface area (Å²) >= 11 is 0. The fourth-order valence-corrected chi connectivity index (χ4v) is 2.43. The van der Waals surface area contributed by atoms with Crippen molar-refractivity contribution in [3.05, 3.63) is 29.6 Å². The van der Waals surface area contributed by atoms with Gasteiger partial charge in [0.05, 0.1) is 5.52 Å². The van der Waals surface area contributed by atoms with E-state index in [2.05, 4.69) is 9.97 Å². The van der Waals surface area contributed by atoms with E-state index in [1.807, 2.05) is 0 Å². The lowest BCUT2D eigenvalue weighted by molar-refractivity contribution is 0.240. The molecule has 5 heteroatoms. The highest BCUT2D eigenvalue weighted by Gasteiger charge is 2.40. The highest BCUT2D eigenvalue weighted by atomic mass is 19.1. The molecule has 0 amide bonds. The number of rotatable bonds is 2. The molecule has 1 saturated carbocycles. The Morgan fingerprint density at radius 3 is 2.71 bits per heavy atom. The highest BCUT2D eigenvalue weighted by Crippen LogP contribution is 2.42. The first-order valence-electron chi connectivity index (χ1n) is 5.70. The molecule has 0 spiro atoms. The molecule has 3 nitrogen and oxygen atoms in total. The average molecular weight is 237 g/mol. The average Bonchev–Trinajstić information content (AvgIpc) is 2.61. The van der Waals surface area contributed by atoms with Crippen molar-refractivity contribution in [2.24, 2.45) is 5.73 Å². The van der Waals surface area contributed by atoms with E-state index in [0.717, 1.165) is 25.3 Å². The van der Waals surface area contributed by atoms with Crippen molar-refractivity contribution in [1.29, 1.82) is 0 Å². The second-order valence-corrected chi connectivity index (χ2v) is 4.71. The molecule has 0 aliphatic heterocycles. The van der Waals surface area contributed by atoms with Crippen molar-refractivity contribution < 1.29 is 8.78 Å². The van der Waals surface area contributed by atoms with Crippen LogP contribution >= 0.6 is 0 Å². The van der Waals surface area contributed by atoms with Gasteiger partial charge in [-0.25, -0.2) is 13.8 Å². The number of aromatic amines is 1. The Labute approximate surface area is 97.0 Å². The van der Waals surface area contributed by atoms with Gasteiger partial charge >= 0.3 is 0 Å². The fraction of sp³-hybridized carbons (Fsp3) is 0.417. The van der Waals surface area contributed by atoms with E-state index in [4.69, 9.17) is 5.73 Å². The predicted octanol–water partition coefficient (Wildman–Crippen LogP) is 2.22. The van der Waals surface area contributed by atoms with Gasteiger partial charge in [0.1, 0.15) is 17.2 Å². The summed E-state index contributed by atoms with van der Waals surface area (Å²) in [5.74, 6) is -0.541. The smallest absolute Gasteiger partial charge is 0.153 e. The topological polar surface area (TPSA) is 54.7 Å². The first kappa shape index (κ1) is 10.7. The third kappa shape index (κ3) is 1.45. The number of fused-ring (bicyclic) bond motifs is 1. The fourth-order valence-electron chi connectivity index (χ4n) is 2.43. The zero-order valence-corrected chi connectivity index (χ0v) is 9.26. The molecule has 3 rings (SSSR count). The first-order valence-corrected chi connectivity index (χ1v) is 5.70. The van der Waals surface area contributed by atoms with Crippen molar-refractivity contribution in [2.75, 3.05) is 6.54 Å². The molecule has 1 aromatic heterocycles. The van der Waals surface area contributed by atoms with Crippen LogP contribution in [0.4, 0.5) is 8.78 Å². The maximum Gasteiger partial charge on any atom is 0.153 e. The lowest BCUT2D eigenvalue weighted by Gasteiger charge is -2.38. The van der Waals surface area contributed by atoms with E-state index >= 15 is 0 Å². The zero-order chi connectivity index (χ0) is 12.0. The summed E-state index contributed by atoms with van der Waals surface area (Å²) < 4.78 is 26.6. The number of nitrogens with zero attached hydrogens (tertiary/aromatic N) is 1. The second-order valence-electron chi connectivity index (χ2n) is 4.71. The minimum absolute atomic E-state index is 0.165. The van der Waals surface area contributed by atoms with Crippen LogP contribution in [0.15, 0.2) is 12.1 Å². The van der Waals surface area contributed by atoms with Crippen molar-refractivity contribution in [3.8, 4) is 0 Å². The van der Waals surface area contributed by atoms with Crippen LogP contribution in [-0.2, 0) is 5.41 Å². The first-order chi connectivity index (χ1) is 8.14. The standard InChI is InChI=1S/C12H13F2N3/c13-7-4-8(14)10-9(5-7)16-11(17-10)12(6-15)2-1-3-12/h4-5H,1-3,6,15H2,(H,16,17). The van der Waals surface area contributed by atoms with E-state index in [0.29, 0.717) is 17.9 Å². The van der Waals surface area contributed by atoms with Crippen LogP contribution < -0.4 is 5.73 Å². The van der Waals surface area contributed by atoms with E-state index in [-0.39, 0.29) is 10.9 Å². The Morgan fingerprint density at radius 2 is 2.12 bits per heavy atom. The summed E-state index contributed by atoms with van der Waals surface area (Å²) in [6, 6.07) is 2.11. The van der Waals surface area contributed by atoms with E-state index in [1.54, 1.807) is 0 Å². The number of benzene rings is 1. The van der Waals surface area contributed by atoms with Crippen LogP contribution in [0.1, 0.15) is 25.1 Å². The number of hydrogen-bond acceptors (Lipinski definition) is 2. The number of imidazole rings is 1. The van der Waals surface area contributed by atoms with Crippen molar-refractivity contribution in [2.45, 2.75) is 24.7 Å². The minimum Gasteiger partial charge on any atom is -0.341 e. The number of nitrogens with one attached hydrogen (secondary N) is 1. The number of nitrogens with two attached hydrogens (primary N) is 1. The number of aromatic nitrogens is 2. The van der Waals surface area contributed by atoms with Crippen LogP contribution in [0.2, 0.25) is 0 Å². The van der Waals surface area contributed by atoms with Crippen LogP contribution in [0, 0.1) is 11.6 Å². The largest absolute Gasteiger partial charge is 0.341 e. The normalized spacial score (nSPS) is 18.3. The number of halogens is 2. The van der Waals surface area contributed by atoms with Gasteiger partial charge < -0.3 is 10.7 Å². The molecular weight excluding hydrogens is 224 g/mol. The number of hydrogen-bond donors (Lipinski definition) is 2. The molecule has 1 heterocycles. The summed E-state index contributed by atoms with van der Waals surface area (Å²) in [5.41, 5.74) is 6.19. The van der Waals surface area contributed by atoms with Gasteiger partial charge in [-0.15, -0.1) is 0 Å². The Morgan fingerprint density at radius 1 is 1.35 bits per heavy atom. The molecule has 2 aromatic rings. The minimum atomic E-state index is -0.631. The van der Waals surface area contributed by atoms with E-state index in [1.165, 1.54) is 6.07 Å². The van der Waals surface area contributed by atoms with E-state index in [9.17, 15) is 8.78 Å². The molecule has 0 radical (unpaired) electrons. The monoisotopic (exact) mass is 237 g/mol. The second kappa shape index (κ2) is 3.50. The van der Waals surface area contributed by atoms with Gasteiger partial charge in [0.15, 0.2) is 5.82 Å². The van der Waals surface area contributed by atoms with Crippen molar-refractivity contribution in [3.63, 3.8) is 0 Å². The summed E-state index contributed by atoms with van der Waals surface area (Å²) in [6.45, 7) is 0.483. The summed E-state index contributed by atoms with van der Waals surface area (Å²) in [6.07, 6.45) is 3.01. The molecular formula is C12H13F2N3. The molecule has 17 heavy (non-hydrogen) atoms. The van der Waals surface area contributed by atoms with Crippen LogP contribution in [0.5, 0.6) is 0 Å². The molecule has 1 aliphatic carbocycles. The molecule has 1 aliphatic rings. The Hall–Kier alpha value is -1.49. The Kier molecular flexibility index (Phi) is 2.19. The third-order valence-electron chi connectivity index (χ3n) is 3.71. The maximum atomic E-state index is 13.5.